The first-order valence-corrected chi connectivity index (χ1v) is 3.37. The molecular formula is C6H6O2S. The van der Waals surface area contributed by atoms with Gasteiger partial charge in [0.15, 0.2) is 5.62 Å². The Hall–Kier alpha value is -0.700. The summed E-state index contributed by atoms with van der Waals surface area (Å²) in [4.78, 5) is 10.8. The molecule has 0 amide bonds. The van der Waals surface area contributed by atoms with E-state index in [4.69, 9.17) is 4.42 Å². The third-order valence-electron chi connectivity index (χ3n) is 0.986. The van der Waals surface area contributed by atoms with Crippen molar-refractivity contribution in [1.82, 2.24) is 0 Å². The normalized spacial score (nSPS) is 9.44. The third-order valence-corrected chi connectivity index (χ3v) is 1.76. The molecule has 0 aliphatic rings. The number of thioether (sulfide) groups is 1. The molecule has 2 nitrogen and oxygen atoms in total. The summed E-state index contributed by atoms with van der Waals surface area (Å²) in [5, 5.41) is 0. The molecule has 48 valence electrons. The molecule has 0 atom stereocenters. The lowest BCUT2D eigenvalue weighted by Crippen LogP contribution is -1.67. The van der Waals surface area contributed by atoms with E-state index < -0.39 is 0 Å². The average molecular weight is 142 g/mol. The second-order valence-corrected chi connectivity index (χ2v) is 2.42. The van der Waals surface area contributed by atoms with Gasteiger partial charge in [-0.1, -0.05) is 11.8 Å². The van der Waals surface area contributed by atoms with Gasteiger partial charge in [-0.25, -0.2) is 0 Å². The number of aryl methyl sites for hydroxylation is 1. The van der Waals surface area contributed by atoms with Crippen LogP contribution >= 0.6 is 11.8 Å². The third kappa shape index (κ3) is 1.36. The summed E-state index contributed by atoms with van der Waals surface area (Å²) in [5.41, 5.74) is 0.790. The van der Waals surface area contributed by atoms with Crippen LogP contribution in [0.5, 0.6) is 0 Å². The largest absolute Gasteiger partial charge is 0.468 e. The Balaban J connectivity index is 2.80. The number of carbonyl (C=O) groups is 1. The van der Waals surface area contributed by atoms with Crippen LogP contribution in [-0.2, 0) is 4.79 Å². The molecule has 9 heavy (non-hydrogen) atoms. The van der Waals surface area contributed by atoms with Crippen LogP contribution in [0.1, 0.15) is 5.76 Å². The van der Waals surface area contributed by atoms with Gasteiger partial charge in [-0.3, -0.25) is 4.79 Å². The van der Waals surface area contributed by atoms with E-state index in [9.17, 15) is 4.79 Å². The van der Waals surface area contributed by atoms with Gasteiger partial charge in [-0.05, 0) is 13.0 Å². The first kappa shape index (κ1) is 6.42. The summed E-state index contributed by atoms with van der Waals surface area (Å²) in [6, 6.07) is 1.77. The van der Waals surface area contributed by atoms with E-state index in [2.05, 4.69) is 0 Å². The van der Waals surface area contributed by atoms with Crippen molar-refractivity contribution in [3.05, 3.63) is 18.1 Å². The maximum absolute atomic E-state index is 9.95. The minimum Gasteiger partial charge on any atom is -0.468 e. The van der Waals surface area contributed by atoms with Gasteiger partial charge in [-0.2, -0.15) is 0 Å². The van der Waals surface area contributed by atoms with Gasteiger partial charge < -0.3 is 4.42 Å². The fourth-order valence-corrected chi connectivity index (χ4v) is 0.999. The van der Waals surface area contributed by atoms with Crippen molar-refractivity contribution in [2.24, 2.45) is 0 Å². The molecule has 1 aromatic rings. The molecule has 0 N–H and O–H groups in total. The summed E-state index contributed by atoms with van der Waals surface area (Å²) in [6.07, 6.45) is 1.57. The van der Waals surface area contributed by atoms with Crippen LogP contribution in [0.25, 0.3) is 0 Å². The van der Waals surface area contributed by atoms with Gasteiger partial charge in [0.1, 0.15) is 5.76 Å². The van der Waals surface area contributed by atoms with Crippen LogP contribution in [-0.4, -0.2) is 5.62 Å². The quantitative estimate of drug-likeness (QED) is 0.466. The molecular weight excluding hydrogens is 136 g/mol. The van der Waals surface area contributed by atoms with E-state index >= 15 is 0 Å². The first-order valence-electron chi connectivity index (χ1n) is 2.49. The molecule has 1 rings (SSSR count). The summed E-state index contributed by atoms with van der Waals surface area (Å²) in [6.45, 7) is 1.83. The first-order chi connectivity index (χ1) is 4.34. The van der Waals surface area contributed by atoms with Crippen molar-refractivity contribution in [2.45, 2.75) is 11.8 Å². The summed E-state index contributed by atoms with van der Waals surface area (Å²) in [7, 11) is 0. The lowest BCUT2D eigenvalue weighted by atomic mass is 10.5. The molecule has 3 heteroatoms. The molecule has 0 aliphatic carbocycles. The van der Waals surface area contributed by atoms with Crippen molar-refractivity contribution in [1.29, 1.82) is 0 Å². The highest BCUT2D eigenvalue weighted by Gasteiger charge is 1.98. The Labute approximate surface area is 57.2 Å². The van der Waals surface area contributed by atoms with Crippen molar-refractivity contribution in [2.75, 3.05) is 0 Å². The van der Waals surface area contributed by atoms with Gasteiger partial charge in [0.05, 0.1) is 11.2 Å². The van der Waals surface area contributed by atoms with Gasteiger partial charge >= 0.3 is 0 Å². The predicted octanol–water partition coefficient (Wildman–Crippen LogP) is 1.87. The Bertz CT molecular complexity index is 205. The standard InChI is InChI=1S/C6H6O2S/c1-5-6(9-4-7)2-3-8-5/h2-4H,1H3. The molecule has 0 fully saturated rings. The number of carbonyl (C=O) groups excluding carboxylic acids is 1. The Kier molecular flexibility index (Phi) is 1.95. The number of furan rings is 1. The van der Waals surface area contributed by atoms with E-state index in [1.165, 1.54) is 0 Å². The molecule has 0 radical (unpaired) electrons. The zero-order chi connectivity index (χ0) is 6.69. The molecule has 0 bridgehead atoms. The molecule has 0 unspecified atom stereocenters. The van der Waals surface area contributed by atoms with Crippen LogP contribution in [0.15, 0.2) is 21.6 Å². The minimum atomic E-state index is 0.790. The lowest BCUT2D eigenvalue weighted by Gasteiger charge is -1.85. The van der Waals surface area contributed by atoms with E-state index in [1.807, 2.05) is 6.92 Å². The fraction of sp³-hybridized carbons (Fsp3) is 0.167. The van der Waals surface area contributed by atoms with Crippen LogP contribution in [0.2, 0.25) is 0 Å². The lowest BCUT2D eigenvalue weighted by molar-refractivity contribution is 0.527. The van der Waals surface area contributed by atoms with Crippen molar-refractivity contribution >= 4 is 17.4 Å². The van der Waals surface area contributed by atoms with Crippen molar-refractivity contribution in [3.8, 4) is 0 Å². The van der Waals surface area contributed by atoms with E-state index in [0.717, 1.165) is 28.0 Å². The zero-order valence-corrected chi connectivity index (χ0v) is 5.77. The van der Waals surface area contributed by atoms with Gasteiger partial charge in [-0.15, -0.1) is 0 Å². The van der Waals surface area contributed by atoms with Crippen LogP contribution in [0.3, 0.4) is 0 Å². The average Bonchev–Trinajstić information content (AvgIpc) is 2.18. The van der Waals surface area contributed by atoms with Crippen LogP contribution < -0.4 is 0 Å². The van der Waals surface area contributed by atoms with E-state index in [-0.39, 0.29) is 0 Å². The Morgan fingerprint density at radius 1 is 1.78 bits per heavy atom. The monoisotopic (exact) mass is 142 g/mol. The smallest absolute Gasteiger partial charge is 0.181 e. The van der Waals surface area contributed by atoms with Crippen molar-refractivity contribution < 1.29 is 9.21 Å². The van der Waals surface area contributed by atoms with E-state index in [1.54, 1.807) is 12.3 Å². The molecule has 1 heterocycles. The molecule has 0 aromatic carbocycles. The number of hydrogen-bond donors (Lipinski definition) is 0. The zero-order valence-electron chi connectivity index (χ0n) is 4.96. The summed E-state index contributed by atoms with van der Waals surface area (Å²) < 4.78 is 4.94. The van der Waals surface area contributed by atoms with Crippen molar-refractivity contribution in [3.63, 3.8) is 0 Å². The highest BCUT2D eigenvalue weighted by molar-refractivity contribution is 8.11. The number of rotatable bonds is 2. The maximum atomic E-state index is 9.95. The fourth-order valence-electron chi connectivity index (χ4n) is 0.547. The molecule has 1 aromatic heterocycles. The molecule has 0 spiro atoms. The molecule has 0 saturated carbocycles. The van der Waals surface area contributed by atoms with Gasteiger partial charge in [0.2, 0.25) is 0 Å². The SMILES string of the molecule is Cc1occc1SC=O. The van der Waals surface area contributed by atoms with Crippen LogP contribution in [0, 0.1) is 6.92 Å². The highest BCUT2D eigenvalue weighted by atomic mass is 32.2. The number of hydrogen-bond acceptors (Lipinski definition) is 3. The second kappa shape index (κ2) is 2.73. The summed E-state index contributed by atoms with van der Waals surface area (Å²) >= 11 is 1.13. The van der Waals surface area contributed by atoms with E-state index in [0.29, 0.717) is 0 Å². The second-order valence-electron chi connectivity index (χ2n) is 1.56. The van der Waals surface area contributed by atoms with Crippen LogP contribution in [0.4, 0.5) is 0 Å². The summed E-state index contributed by atoms with van der Waals surface area (Å²) in [5.74, 6) is 0.798. The Morgan fingerprint density at radius 3 is 3.00 bits per heavy atom. The van der Waals surface area contributed by atoms with Gasteiger partial charge in [0, 0.05) is 0 Å². The highest BCUT2D eigenvalue weighted by Crippen LogP contribution is 2.19. The minimum absolute atomic E-state index is 0.790. The molecule has 0 aliphatic heterocycles. The Morgan fingerprint density at radius 2 is 2.56 bits per heavy atom. The topological polar surface area (TPSA) is 30.2 Å². The van der Waals surface area contributed by atoms with Gasteiger partial charge in [0.25, 0.3) is 0 Å². The maximum Gasteiger partial charge on any atom is 0.181 e. The molecule has 0 saturated heterocycles. The predicted molar refractivity (Wildman–Crippen MR) is 36.1 cm³/mol.